The molecule has 0 aliphatic heterocycles. The molecule has 2 nitrogen and oxygen atoms in total. The first-order valence-corrected chi connectivity index (χ1v) is 4.49. The molecular formula is C10H12FNO. The van der Waals surface area contributed by atoms with Gasteiger partial charge in [0.1, 0.15) is 5.82 Å². The van der Waals surface area contributed by atoms with Gasteiger partial charge in [-0.25, -0.2) is 4.39 Å². The van der Waals surface area contributed by atoms with Crippen LogP contribution < -0.4 is 0 Å². The Kier molecular flexibility index (Phi) is 2.04. The Labute approximate surface area is 76.4 Å². The first kappa shape index (κ1) is 8.63. The number of halogens is 1. The molecule has 1 saturated carbocycles. The molecule has 1 aromatic heterocycles. The summed E-state index contributed by atoms with van der Waals surface area (Å²) in [4.78, 5) is 3.69. The van der Waals surface area contributed by atoms with E-state index >= 15 is 0 Å². The minimum atomic E-state index is -0.312. The van der Waals surface area contributed by atoms with Gasteiger partial charge in [0.05, 0.1) is 12.8 Å². The largest absolute Gasteiger partial charge is 0.395 e. The molecule has 0 unspecified atom stereocenters. The number of pyridine rings is 1. The van der Waals surface area contributed by atoms with Crippen LogP contribution in [0.1, 0.15) is 24.8 Å². The Bertz CT molecular complexity index is 304. The normalized spacial score (nSPS) is 19.5. The van der Waals surface area contributed by atoms with Gasteiger partial charge in [0.15, 0.2) is 0 Å². The summed E-state index contributed by atoms with van der Waals surface area (Å²) in [7, 11) is 0. The SMILES string of the molecule is OCC1(c2ccncc2F)CCC1. The van der Waals surface area contributed by atoms with Gasteiger partial charge in [-0.15, -0.1) is 0 Å². The third-order valence-corrected chi connectivity index (χ3v) is 2.96. The van der Waals surface area contributed by atoms with Crippen LogP contribution in [-0.4, -0.2) is 16.7 Å². The lowest BCUT2D eigenvalue weighted by atomic mass is 9.65. The van der Waals surface area contributed by atoms with Crippen LogP contribution in [0, 0.1) is 5.82 Å². The molecule has 0 bridgehead atoms. The van der Waals surface area contributed by atoms with Crippen LogP contribution in [0.4, 0.5) is 4.39 Å². The average Bonchev–Trinajstić information content (AvgIpc) is 2.07. The first-order valence-electron chi connectivity index (χ1n) is 4.49. The summed E-state index contributed by atoms with van der Waals surface area (Å²) < 4.78 is 13.3. The van der Waals surface area contributed by atoms with E-state index in [4.69, 9.17) is 0 Å². The molecule has 1 aromatic rings. The lowest BCUT2D eigenvalue weighted by Gasteiger charge is -2.40. The van der Waals surface area contributed by atoms with Crippen molar-refractivity contribution in [2.24, 2.45) is 0 Å². The number of rotatable bonds is 2. The number of aliphatic hydroxyl groups is 1. The van der Waals surface area contributed by atoms with Crippen molar-refractivity contribution in [1.82, 2.24) is 4.98 Å². The zero-order valence-electron chi connectivity index (χ0n) is 7.33. The molecule has 70 valence electrons. The Morgan fingerprint density at radius 2 is 2.31 bits per heavy atom. The van der Waals surface area contributed by atoms with Gasteiger partial charge >= 0.3 is 0 Å². The van der Waals surface area contributed by atoms with Crippen molar-refractivity contribution in [3.63, 3.8) is 0 Å². The van der Waals surface area contributed by atoms with E-state index in [0.29, 0.717) is 5.56 Å². The summed E-state index contributed by atoms with van der Waals surface area (Å²) in [5, 5.41) is 9.23. The van der Waals surface area contributed by atoms with E-state index in [1.807, 2.05) is 0 Å². The monoisotopic (exact) mass is 181 g/mol. The smallest absolute Gasteiger partial charge is 0.145 e. The molecule has 2 rings (SSSR count). The third-order valence-electron chi connectivity index (χ3n) is 2.96. The highest BCUT2D eigenvalue weighted by atomic mass is 19.1. The van der Waals surface area contributed by atoms with Crippen LogP contribution in [0.2, 0.25) is 0 Å². The van der Waals surface area contributed by atoms with Gasteiger partial charge in [-0.05, 0) is 24.5 Å². The zero-order chi connectivity index (χ0) is 9.31. The average molecular weight is 181 g/mol. The summed E-state index contributed by atoms with van der Waals surface area (Å²) in [6, 6.07) is 1.67. The third kappa shape index (κ3) is 1.23. The Morgan fingerprint density at radius 3 is 2.77 bits per heavy atom. The van der Waals surface area contributed by atoms with Crippen LogP contribution in [0.15, 0.2) is 18.5 Å². The van der Waals surface area contributed by atoms with E-state index < -0.39 is 0 Å². The fraction of sp³-hybridized carbons (Fsp3) is 0.500. The molecule has 0 aromatic carbocycles. The molecule has 0 radical (unpaired) electrons. The van der Waals surface area contributed by atoms with Crippen LogP contribution in [0.3, 0.4) is 0 Å². The molecule has 1 fully saturated rings. The van der Waals surface area contributed by atoms with Gasteiger partial charge < -0.3 is 5.11 Å². The van der Waals surface area contributed by atoms with Crippen LogP contribution in [-0.2, 0) is 5.41 Å². The maximum atomic E-state index is 13.3. The fourth-order valence-electron chi connectivity index (χ4n) is 1.92. The van der Waals surface area contributed by atoms with Crippen LogP contribution in [0.5, 0.6) is 0 Å². The van der Waals surface area contributed by atoms with E-state index in [2.05, 4.69) is 4.98 Å². The predicted octanol–water partition coefficient (Wildman–Crippen LogP) is 1.63. The lowest BCUT2D eigenvalue weighted by molar-refractivity contribution is 0.116. The minimum Gasteiger partial charge on any atom is -0.395 e. The van der Waals surface area contributed by atoms with Gasteiger partial charge in [-0.1, -0.05) is 6.42 Å². The highest BCUT2D eigenvalue weighted by molar-refractivity contribution is 5.27. The second-order valence-electron chi connectivity index (χ2n) is 3.65. The molecule has 3 heteroatoms. The van der Waals surface area contributed by atoms with E-state index in [9.17, 15) is 9.50 Å². The molecule has 0 saturated heterocycles. The van der Waals surface area contributed by atoms with Crippen molar-refractivity contribution >= 4 is 0 Å². The van der Waals surface area contributed by atoms with Crippen molar-refractivity contribution in [2.45, 2.75) is 24.7 Å². The zero-order valence-corrected chi connectivity index (χ0v) is 7.33. The van der Waals surface area contributed by atoms with E-state index in [1.165, 1.54) is 6.20 Å². The highest BCUT2D eigenvalue weighted by Crippen LogP contribution is 2.43. The van der Waals surface area contributed by atoms with Crippen molar-refractivity contribution in [3.05, 3.63) is 29.8 Å². The number of aromatic nitrogens is 1. The number of nitrogens with zero attached hydrogens (tertiary/aromatic N) is 1. The van der Waals surface area contributed by atoms with Crippen LogP contribution >= 0.6 is 0 Å². The molecule has 0 atom stereocenters. The van der Waals surface area contributed by atoms with Crippen molar-refractivity contribution in [1.29, 1.82) is 0 Å². The molecule has 1 heterocycles. The number of aliphatic hydroxyl groups excluding tert-OH is 1. The highest BCUT2D eigenvalue weighted by Gasteiger charge is 2.39. The van der Waals surface area contributed by atoms with Gasteiger partial charge in [-0.3, -0.25) is 4.98 Å². The quantitative estimate of drug-likeness (QED) is 0.752. The molecular weight excluding hydrogens is 169 g/mol. The lowest BCUT2D eigenvalue weighted by Crippen LogP contribution is -2.38. The van der Waals surface area contributed by atoms with Gasteiger partial charge in [0, 0.05) is 11.6 Å². The summed E-state index contributed by atoms with van der Waals surface area (Å²) in [6.45, 7) is 0.0356. The van der Waals surface area contributed by atoms with Crippen molar-refractivity contribution < 1.29 is 9.50 Å². The molecule has 1 N–H and O–H groups in total. The van der Waals surface area contributed by atoms with E-state index in [1.54, 1.807) is 12.3 Å². The second-order valence-corrected chi connectivity index (χ2v) is 3.65. The Hall–Kier alpha value is -0.960. The first-order chi connectivity index (χ1) is 6.28. The summed E-state index contributed by atoms with van der Waals surface area (Å²) in [6.07, 6.45) is 5.62. The fourth-order valence-corrected chi connectivity index (χ4v) is 1.92. The summed E-state index contributed by atoms with van der Waals surface area (Å²) >= 11 is 0. The maximum absolute atomic E-state index is 13.3. The molecule has 0 spiro atoms. The molecule has 13 heavy (non-hydrogen) atoms. The second kappa shape index (κ2) is 3.07. The van der Waals surface area contributed by atoms with Gasteiger partial charge in [0.2, 0.25) is 0 Å². The van der Waals surface area contributed by atoms with Crippen molar-refractivity contribution in [3.8, 4) is 0 Å². The summed E-state index contributed by atoms with van der Waals surface area (Å²) in [5.41, 5.74) is 0.309. The van der Waals surface area contributed by atoms with Gasteiger partial charge in [-0.2, -0.15) is 0 Å². The van der Waals surface area contributed by atoms with Crippen LogP contribution in [0.25, 0.3) is 0 Å². The molecule has 0 amide bonds. The topological polar surface area (TPSA) is 33.1 Å². The maximum Gasteiger partial charge on any atom is 0.145 e. The minimum absolute atomic E-state index is 0.0356. The Morgan fingerprint density at radius 1 is 1.54 bits per heavy atom. The summed E-state index contributed by atoms with van der Waals surface area (Å²) in [5.74, 6) is -0.295. The number of hydrogen-bond acceptors (Lipinski definition) is 2. The molecule has 1 aliphatic rings. The standard InChI is InChI=1S/C10H12FNO/c11-9-6-12-5-2-8(9)10(7-13)3-1-4-10/h2,5-6,13H,1,3-4,7H2. The Balaban J connectivity index is 2.38. The van der Waals surface area contributed by atoms with E-state index in [-0.39, 0.29) is 17.8 Å². The van der Waals surface area contributed by atoms with Gasteiger partial charge in [0.25, 0.3) is 0 Å². The number of hydrogen-bond donors (Lipinski definition) is 1. The molecule has 1 aliphatic carbocycles. The van der Waals surface area contributed by atoms with Crippen molar-refractivity contribution in [2.75, 3.05) is 6.61 Å². The predicted molar refractivity (Wildman–Crippen MR) is 46.8 cm³/mol. The van der Waals surface area contributed by atoms with E-state index in [0.717, 1.165) is 19.3 Å².